The van der Waals surface area contributed by atoms with E-state index in [1.165, 1.54) is 0 Å². The van der Waals surface area contributed by atoms with E-state index in [-0.39, 0.29) is 18.1 Å². The fourth-order valence-corrected chi connectivity index (χ4v) is 2.12. The number of carboxylic acid groups (broad SMARTS) is 1. The minimum absolute atomic E-state index is 0.0879. The van der Waals surface area contributed by atoms with E-state index in [1.54, 1.807) is 26.0 Å². The molecule has 1 amide bonds. The Labute approximate surface area is 139 Å². The van der Waals surface area contributed by atoms with Crippen molar-refractivity contribution in [1.29, 1.82) is 0 Å². The van der Waals surface area contributed by atoms with Gasteiger partial charge >= 0.3 is 5.97 Å². The third kappa shape index (κ3) is 5.12. The average Bonchev–Trinajstić information content (AvgIpc) is 2.89. The maximum atomic E-state index is 12.0. The standard InChI is InChI=1S/C17H20N2O5/c1-11-16(24-12(2)19-11)17(22)18-10-13-5-7-14(8-6-13)23-9-3-4-15(20)21/h5-8H,3-4,9-10H2,1-2H3,(H,18,22)(H,20,21). The first-order chi connectivity index (χ1) is 11.5. The van der Waals surface area contributed by atoms with Crippen LogP contribution in [0.2, 0.25) is 0 Å². The van der Waals surface area contributed by atoms with Gasteiger partial charge in [0.15, 0.2) is 5.89 Å². The van der Waals surface area contributed by atoms with Gasteiger partial charge in [-0.15, -0.1) is 0 Å². The number of nitrogens with one attached hydrogen (secondary N) is 1. The lowest BCUT2D eigenvalue weighted by molar-refractivity contribution is -0.137. The number of carboxylic acids is 1. The van der Waals surface area contributed by atoms with Crippen molar-refractivity contribution in [2.24, 2.45) is 0 Å². The van der Waals surface area contributed by atoms with Crippen LogP contribution >= 0.6 is 0 Å². The Morgan fingerprint density at radius 2 is 1.96 bits per heavy atom. The molecule has 128 valence electrons. The number of nitrogens with zero attached hydrogens (tertiary/aromatic N) is 1. The summed E-state index contributed by atoms with van der Waals surface area (Å²) in [5, 5.41) is 11.3. The van der Waals surface area contributed by atoms with Crippen molar-refractivity contribution in [3.05, 3.63) is 47.2 Å². The molecule has 0 atom stereocenters. The van der Waals surface area contributed by atoms with Crippen LogP contribution in [0, 0.1) is 13.8 Å². The molecule has 0 radical (unpaired) electrons. The summed E-state index contributed by atoms with van der Waals surface area (Å²) in [6.07, 6.45) is 0.549. The van der Waals surface area contributed by atoms with Crippen molar-refractivity contribution < 1.29 is 23.8 Å². The molecule has 7 heteroatoms. The Morgan fingerprint density at radius 3 is 2.54 bits per heavy atom. The molecule has 0 unspecified atom stereocenters. The Kier molecular flexibility index (Phi) is 5.95. The first-order valence-electron chi connectivity index (χ1n) is 7.61. The van der Waals surface area contributed by atoms with Crippen LogP contribution in [0.1, 0.15) is 40.5 Å². The molecular weight excluding hydrogens is 312 g/mol. The van der Waals surface area contributed by atoms with Gasteiger partial charge in [-0.1, -0.05) is 12.1 Å². The summed E-state index contributed by atoms with van der Waals surface area (Å²) in [5.74, 6) is 0.217. The van der Waals surface area contributed by atoms with Crippen LogP contribution in [0.4, 0.5) is 0 Å². The highest BCUT2D eigenvalue weighted by Crippen LogP contribution is 2.13. The Bertz CT molecular complexity index is 706. The van der Waals surface area contributed by atoms with Crippen molar-refractivity contribution in [3.8, 4) is 5.75 Å². The van der Waals surface area contributed by atoms with E-state index < -0.39 is 5.97 Å². The summed E-state index contributed by atoms with van der Waals surface area (Å²) >= 11 is 0. The van der Waals surface area contributed by atoms with Crippen LogP contribution in [0.3, 0.4) is 0 Å². The fourth-order valence-electron chi connectivity index (χ4n) is 2.12. The molecule has 0 saturated heterocycles. The van der Waals surface area contributed by atoms with Gasteiger partial charge in [0.05, 0.1) is 12.3 Å². The molecule has 2 aromatic rings. The Hall–Kier alpha value is -2.83. The lowest BCUT2D eigenvalue weighted by Gasteiger charge is -2.07. The fraction of sp³-hybridized carbons (Fsp3) is 0.353. The highest BCUT2D eigenvalue weighted by atomic mass is 16.5. The molecule has 24 heavy (non-hydrogen) atoms. The second kappa shape index (κ2) is 8.14. The van der Waals surface area contributed by atoms with E-state index in [9.17, 15) is 9.59 Å². The lowest BCUT2D eigenvalue weighted by atomic mass is 10.2. The molecule has 2 N–H and O–H groups in total. The van der Waals surface area contributed by atoms with E-state index >= 15 is 0 Å². The van der Waals surface area contributed by atoms with Crippen molar-refractivity contribution in [2.75, 3.05) is 6.61 Å². The third-order valence-electron chi connectivity index (χ3n) is 3.29. The zero-order valence-electron chi connectivity index (χ0n) is 13.7. The quantitative estimate of drug-likeness (QED) is 0.720. The highest BCUT2D eigenvalue weighted by molar-refractivity contribution is 5.92. The largest absolute Gasteiger partial charge is 0.494 e. The minimum atomic E-state index is -0.832. The maximum absolute atomic E-state index is 12.0. The summed E-state index contributed by atoms with van der Waals surface area (Å²) in [4.78, 5) is 26.5. The van der Waals surface area contributed by atoms with Gasteiger partial charge in [-0.3, -0.25) is 9.59 Å². The Balaban J connectivity index is 1.80. The summed E-state index contributed by atoms with van der Waals surface area (Å²) in [6.45, 7) is 4.13. The van der Waals surface area contributed by atoms with Crippen molar-refractivity contribution in [2.45, 2.75) is 33.2 Å². The zero-order chi connectivity index (χ0) is 17.5. The molecule has 0 aliphatic heterocycles. The molecule has 1 aromatic heterocycles. The number of carbonyl (C=O) groups excluding carboxylic acids is 1. The monoisotopic (exact) mass is 332 g/mol. The first-order valence-corrected chi connectivity index (χ1v) is 7.61. The second-order valence-electron chi connectivity index (χ2n) is 5.32. The predicted octanol–water partition coefficient (Wildman–Crippen LogP) is 2.47. The molecule has 1 aromatic carbocycles. The molecule has 0 fully saturated rings. The first kappa shape index (κ1) is 17.5. The normalized spacial score (nSPS) is 10.4. The van der Waals surface area contributed by atoms with Crippen LogP contribution < -0.4 is 10.1 Å². The van der Waals surface area contributed by atoms with Crippen LogP contribution in [0.25, 0.3) is 0 Å². The van der Waals surface area contributed by atoms with E-state index in [0.717, 1.165) is 5.56 Å². The predicted molar refractivity (Wildman–Crippen MR) is 86.0 cm³/mol. The lowest BCUT2D eigenvalue weighted by Crippen LogP contribution is -2.23. The number of hydrogen-bond acceptors (Lipinski definition) is 5. The molecule has 2 rings (SSSR count). The van der Waals surface area contributed by atoms with Crippen molar-refractivity contribution >= 4 is 11.9 Å². The zero-order valence-corrected chi connectivity index (χ0v) is 13.7. The van der Waals surface area contributed by atoms with Gasteiger partial charge in [-0.2, -0.15) is 0 Å². The number of rotatable bonds is 8. The molecule has 0 spiro atoms. The molecule has 1 heterocycles. The van der Waals surface area contributed by atoms with E-state index in [0.29, 0.717) is 36.9 Å². The second-order valence-corrected chi connectivity index (χ2v) is 5.32. The molecule has 0 aliphatic carbocycles. The van der Waals surface area contributed by atoms with Crippen LogP contribution in [-0.2, 0) is 11.3 Å². The Morgan fingerprint density at radius 1 is 1.25 bits per heavy atom. The number of oxazole rings is 1. The van der Waals surface area contributed by atoms with Gasteiger partial charge < -0.3 is 19.6 Å². The topological polar surface area (TPSA) is 102 Å². The van der Waals surface area contributed by atoms with Crippen LogP contribution in [-0.4, -0.2) is 28.6 Å². The minimum Gasteiger partial charge on any atom is -0.494 e. The molecule has 0 aliphatic rings. The summed E-state index contributed by atoms with van der Waals surface area (Å²) in [5.41, 5.74) is 1.48. The number of aryl methyl sites for hydroxylation is 2. The maximum Gasteiger partial charge on any atom is 0.303 e. The van der Waals surface area contributed by atoms with Gasteiger partial charge in [0.1, 0.15) is 5.75 Å². The van der Waals surface area contributed by atoms with Crippen molar-refractivity contribution in [1.82, 2.24) is 10.3 Å². The number of aliphatic carboxylic acids is 1. The summed E-state index contributed by atoms with van der Waals surface area (Å²) in [6, 6.07) is 7.24. The van der Waals surface area contributed by atoms with E-state index in [2.05, 4.69) is 10.3 Å². The molecule has 7 nitrogen and oxygen atoms in total. The third-order valence-corrected chi connectivity index (χ3v) is 3.29. The molecular formula is C17H20N2O5. The number of ether oxygens (including phenoxy) is 1. The van der Waals surface area contributed by atoms with E-state index in [4.69, 9.17) is 14.3 Å². The molecule has 0 saturated carbocycles. The van der Waals surface area contributed by atoms with Gasteiger partial charge in [0.2, 0.25) is 5.76 Å². The van der Waals surface area contributed by atoms with Gasteiger partial charge in [0, 0.05) is 19.9 Å². The number of amides is 1. The number of benzene rings is 1. The average molecular weight is 332 g/mol. The van der Waals surface area contributed by atoms with Crippen molar-refractivity contribution in [3.63, 3.8) is 0 Å². The number of aromatic nitrogens is 1. The van der Waals surface area contributed by atoms with Gasteiger partial charge in [0.25, 0.3) is 5.91 Å². The number of carbonyl (C=O) groups is 2. The highest BCUT2D eigenvalue weighted by Gasteiger charge is 2.15. The van der Waals surface area contributed by atoms with E-state index in [1.807, 2.05) is 12.1 Å². The van der Waals surface area contributed by atoms with Gasteiger partial charge in [-0.05, 0) is 31.0 Å². The molecule has 0 bridgehead atoms. The summed E-state index contributed by atoms with van der Waals surface area (Å²) in [7, 11) is 0. The smallest absolute Gasteiger partial charge is 0.303 e. The van der Waals surface area contributed by atoms with Crippen LogP contribution in [0.5, 0.6) is 5.75 Å². The number of hydrogen-bond donors (Lipinski definition) is 2. The van der Waals surface area contributed by atoms with Gasteiger partial charge in [-0.25, -0.2) is 4.98 Å². The van der Waals surface area contributed by atoms with Crippen LogP contribution in [0.15, 0.2) is 28.7 Å². The SMILES string of the molecule is Cc1nc(C)c(C(=O)NCc2ccc(OCCCC(=O)O)cc2)o1. The summed E-state index contributed by atoms with van der Waals surface area (Å²) < 4.78 is 10.7.